The summed E-state index contributed by atoms with van der Waals surface area (Å²) in [5, 5.41) is 0. The molecule has 0 aliphatic carbocycles. The van der Waals surface area contributed by atoms with Crippen LogP contribution in [0, 0.1) is 5.82 Å². The summed E-state index contributed by atoms with van der Waals surface area (Å²) in [7, 11) is 0. The van der Waals surface area contributed by atoms with Crippen molar-refractivity contribution in [1.82, 2.24) is 0 Å². The zero-order valence-corrected chi connectivity index (χ0v) is 6.94. The molecule has 0 saturated heterocycles. The van der Waals surface area contributed by atoms with E-state index in [0.29, 0.717) is 18.2 Å². The molecule has 5 heteroatoms. The van der Waals surface area contributed by atoms with Gasteiger partial charge in [-0.2, -0.15) is 13.2 Å². The second kappa shape index (κ2) is 3.69. The summed E-state index contributed by atoms with van der Waals surface area (Å²) in [6.45, 7) is 3.12. The monoisotopic (exact) mass is 206 g/mol. The molecule has 76 valence electrons. The van der Waals surface area contributed by atoms with E-state index < -0.39 is 23.3 Å². The van der Waals surface area contributed by atoms with Gasteiger partial charge in [0, 0.05) is 0 Å². The van der Waals surface area contributed by atoms with Crippen LogP contribution in [0.15, 0.2) is 31.0 Å². The Morgan fingerprint density at radius 2 is 1.93 bits per heavy atom. The summed E-state index contributed by atoms with van der Waals surface area (Å²) < 4.78 is 53.7. The normalized spacial score (nSPS) is 11.1. The molecular weight excluding hydrogens is 200 g/mol. The fraction of sp³-hybridized carbons (Fsp3) is 0.111. The van der Waals surface area contributed by atoms with E-state index in [1.807, 2.05) is 0 Å². The Morgan fingerprint density at radius 3 is 2.43 bits per heavy atom. The summed E-state index contributed by atoms with van der Waals surface area (Å²) >= 11 is 0. The Labute approximate surface area is 77.6 Å². The molecule has 0 heterocycles. The van der Waals surface area contributed by atoms with Crippen LogP contribution in [0.5, 0.6) is 5.75 Å². The summed E-state index contributed by atoms with van der Waals surface area (Å²) in [6, 6.07) is 1.92. The lowest BCUT2D eigenvalue weighted by Gasteiger charge is -2.08. The first-order valence-corrected chi connectivity index (χ1v) is 3.59. The van der Waals surface area contributed by atoms with E-state index in [9.17, 15) is 17.6 Å². The fourth-order valence-electron chi connectivity index (χ4n) is 0.860. The Kier molecular flexibility index (Phi) is 2.78. The lowest BCUT2D eigenvalue weighted by Crippen LogP contribution is -2.05. The van der Waals surface area contributed by atoms with E-state index in [4.69, 9.17) is 0 Å². The second-order valence-corrected chi connectivity index (χ2v) is 2.43. The molecule has 0 atom stereocenters. The smallest absolute Gasteiger partial charge is 0.416 e. The number of hydrogen-bond acceptors (Lipinski definition) is 1. The number of alkyl halides is 3. The van der Waals surface area contributed by atoms with Crippen molar-refractivity contribution in [2.24, 2.45) is 0 Å². The van der Waals surface area contributed by atoms with Crippen molar-refractivity contribution in [3.05, 3.63) is 42.4 Å². The minimum absolute atomic E-state index is 0.491. The lowest BCUT2D eigenvalue weighted by molar-refractivity contribution is -0.137. The highest BCUT2D eigenvalue weighted by Crippen LogP contribution is 2.32. The molecule has 0 fully saturated rings. The molecule has 0 aliphatic heterocycles. The molecule has 1 aromatic rings. The zero-order chi connectivity index (χ0) is 10.8. The number of hydrogen-bond donors (Lipinski definition) is 0. The summed E-state index contributed by atoms with van der Waals surface area (Å²) in [5.41, 5.74) is -0.962. The van der Waals surface area contributed by atoms with E-state index in [1.54, 1.807) is 0 Å². The summed E-state index contributed by atoms with van der Waals surface area (Å²) in [4.78, 5) is 0. The number of halogens is 4. The van der Waals surface area contributed by atoms with Gasteiger partial charge in [0.15, 0.2) is 11.6 Å². The predicted molar refractivity (Wildman–Crippen MR) is 42.2 cm³/mol. The van der Waals surface area contributed by atoms with Crippen LogP contribution in [-0.2, 0) is 6.18 Å². The van der Waals surface area contributed by atoms with Crippen molar-refractivity contribution < 1.29 is 22.3 Å². The van der Waals surface area contributed by atoms with Gasteiger partial charge in [-0.05, 0) is 18.2 Å². The molecule has 0 saturated carbocycles. The van der Waals surface area contributed by atoms with Crippen molar-refractivity contribution in [1.29, 1.82) is 0 Å². The van der Waals surface area contributed by atoms with Crippen LogP contribution in [0.2, 0.25) is 0 Å². The first kappa shape index (κ1) is 10.6. The zero-order valence-electron chi connectivity index (χ0n) is 6.94. The van der Waals surface area contributed by atoms with Gasteiger partial charge in [-0.15, -0.1) is 0 Å². The molecule has 1 aromatic carbocycles. The van der Waals surface area contributed by atoms with E-state index in [0.717, 1.165) is 6.26 Å². The van der Waals surface area contributed by atoms with Crippen molar-refractivity contribution in [3.8, 4) is 5.75 Å². The van der Waals surface area contributed by atoms with Crippen LogP contribution >= 0.6 is 0 Å². The molecule has 0 spiro atoms. The Hall–Kier alpha value is -1.52. The molecule has 0 aliphatic rings. The van der Waals surface area contributed by atoms with Crippen molar-refractivity contribution in [3.63, 3.8) is 0 Å². The third-order valence-corrected chi connectivity index (χ3v) is 1.47. The molecule has 1 rings (SSSR count). The highest BCUT2D eigenvalue weighted by atomic mass is 19.4. The van der Waals surface area contributed by atoms with Crippen molar-refractivity contribution >= 4 is 0 Å². The average Bonchev–Trinajstić information content (AvgIpc) is 2.07. The Morgan fingerprint density at radius 1 is 1.29 bits per heavy atom. The second-order valence-electron chi connectivity index (χ2n) is 2.43. The van der Waals surface area contributed by atoms with E-state index in [-0.39, 0.29) is 0 Å². The van der Waals surface area contributed by atoms with Crippen molar-refractivity contribution in [2.75, 3.05) is 0 Å². The Balaban J connectivity index is 3.12. The lowest BCUT2D eigenvalue weighted by atomic mass is 10.2. The maximum Gasteiger partial charge on any atom is 0.416 e. The van der Waals surface area contributed by atoms with Gasteiger partial charge in [-0.1, -0.05) is 6.58 Å². The molecule has 14 heavy (non-hydrogen) atoms. The fourth-order valence-corrected chi connectivity index (χ4v) is 0.860. The molecular formula is C9H6F4O. The van der Waals surface area contributed by atoms with Gasteiger partial charge in [0.25, 0.3) is 0 Å². The third-order valence-electron chi connectivity index (χ3n) is 1.47. The van der Waals surface area contributed by atoms with Crippen LogP contribution < -0.4 is 4.74 Å². The SMILES string of the molecule is C=COc1cc(C(F)(F)F)ccc1F. The van der Waals surface area contributed by atoms with Crippen LogP contribution in [0.1, 0.15) is 5.56 Å². The number of benzene rings is 1. The van der Waals surface area contributed by atoms with Gasteiger partial charge in [0.1, 0.15) is 0 Å². The molecule has 0 bridgehead atoms. The van der Waals surface area contributed by atoms with Crippen molar-refractivity contribution in [2.45, 2.75) is 6.18 Å². The van der Waals surface area contributed by atoms with Crippen LogP contribution in [0.3, 0.4) is 0 Å². The molecule has 1 nitrogen and oxygen atoms in total. The number of ether oxygens (including phenoxy) is 1. The molecule has 0 unspecified atom stereocenters. The highest BCUT2D eigenvalue weighted by molar-refractivity contribution is 5.32. The topological polar surface area (TPSA) is 9.23 Å². The molecule has 0 amide bonds. The highest BCUT2D eigenvalue weighted by Gasteiger charge is 2.31. The standard InChI is InChI=1S/C9H6F4O/c1-2-14-8-5-6(9(11,12)13)3-4-7(8)10/h2-5H,1H2. The minimum atomic E-state index is -4.51. The molecule has 0 radical (unpaired) electrons. The Bertz CT molecular complexity index is 343. The molecule has 0 N–H and O–H groups in total. The van der Waals surface area contributed by atoms with Gasteiger partial charge in [0.2, 0.25) is 0 Å². The van der Waals surface area contributed by atoms with E-state index in [1.165, 1.54) is 0 Å². The number of rotatable bonds is 2. The first-order valence-electron chi connectivity index (χ1n) is 3.59. The van der Waals surface area contributed by atoms with Gasteiger partial charge >= 0.3 is 6.18 Å². The van der Waals surface area contributed by atoms with Crippen LogP contribution in [0.25, 0.3) is 0 Å². The maximum atomic E-state index is 12.8. The molecule has 0 aromatic heterocycles. The summed E-state index contributed by atoms with van der Waals surface area (Å²) in [6.07, 6.45) is -3.65. The quantitative estimate of drug-likeness (QED) is 0.532. The van der Waals surface area contributed by atoms with Crippen LogP contribution in [-0.4, -0.2) is 0 Å². The van der Waals surface area contributed by atoms with Gasteiger partial charge in [0.05, 0.1) is 11.8 Å². The first-order chi connectivity index (χ1) is 6.45. The predicted octanol–water partition coefficient (Wildman–Crippen LogP) is 3.37. The van der Waals surface area contributed by atoms with Gasteiger partial charge < -0.3 is 4.74 Å². The summed E-state index contributed by atoms with van der Waals surface area (Å²) in [5.74, 6) is -1.35. The maximum absolute atomic E-state index is 12.8. The van der Waals surface area contributed by atoms with E-state index in [2.05, 4.69) is 11.3 Å². The third kappa shape index (κ3) is 2.25. The van der Waals surface area contributed by atoms with Crippen LogP contribution in [0.4, 0.5) is 17.6 Å². The minimum Gasteiger partial charge on any atom is -0.463 e. The van der Waals surface area contributed by atoms with Gasteiger partial charge in [-0.3, -0.25) is 0 Å². The largest absolute Gasteiger partial charge is 0.463 e. The average molecular weight is 206 g/mol. The van der Waals surface area contributed by atoms with Gasteiger partial charge in [-0.25, -0.2) is 4.39 Å². The van der Waals surface area contributed by atoms with E-state index >= 15 is 0 Å².